The molecule has 0 spiro atoms. The summed E-state index contributed by atoms with van der Waals surface area (Å²) in [6, 6.07) is 0. The van der Waals surface area contributed by atoms with Gasteiger partial charge in [0.05, 0.1) is 6.10 Å². The molecule has 1 N–H and O–H groups in total. The molecular weight excluding hydrogens is 382 g/mol. The van der Waals surface area contributed by atoms with Gasteiger partial charge in [0.15, 0.2) is 0 Å². The van der Waals surface area contributed by atoms with Crippen molar-refractivity contribution in [3.63, 3.8) is 0 Å². The highest BCUT2D eigenvalue weighted by molar-refractivity contribution is 5.80. The van der Waals surface area contributed by atoms with Gasteiger partial charge in [-0.2, -0.15) is 0 Å². The smallest absolute Gasteiger partial charge is 0.226 e. The third-order valence-electron chi connectivity index (χ3n) is 10.0. The highest BCUT2D eigenvalue weighted by Crippen LogP contribution is 2.56. The van der Waals surface area contributed by atoms with Crippen molar-refractivity contribution in [1.82, 2.24) is 4.90 Å². The molecule has 3 aliphatic carbocycles. The minimum atomic E-state index is -0.322. The lowest BCUT2D eigenvalue weighted by atomic mass is 9.53. The standard InChI is InChI=1S/C28H49NO2/c1-27(2,3)25(26(31)29-16-13-24(30)19-29)21-9-5-6-14-28(4,15-8-12-21)23-17-22(18-23)20-10-7-11-20/h20-25,30H,5-19H2,1-4H3/t21?,22?,23?,24-,25?,28?/m1/s1. The first-order valence-corrected chi connectivity index (χ1v) is 13.6. The molecule has 3 nitrogen and oxygen atoms in total. The number of aliphatic hydroxyl groups excluding tert-OH is 1. The van der Waals surface area contributed by atoms with Crippen LogP contribution < -0.4 is 0 Å². The van der Waals surface area contributed by atoms with Crippen LogP contribution in [0.3, 0.4) is 0 Å². The molecule has 4 atom stereocenters. The van der Waals surface area contributed by atoms with E-state index in [1.165, 1.54) is 77.0 Å². The Bertz CT molecular complexity index is 615. The molecule has 3 heteroatoms. The molecule has 3 unspecified atom stereocenters. The molecule has 1 aliphatic heterocycles. The monoisotopic (exact) mass is 431 g/mol. The lowest BCUT2D eigenvalue weighted by Crippen LogP contribution is -2.44. The maximum atomic E-state index is 13.6. The van der Waals surface area contributed by atoms with Crippen molar-refractivity contribution in [2.45, 2.75) is 117 Å². The Morgan fingerprint density at radius 2 is 1.61 bits per heavy atom. The van der Waals surface area contributed by atoms with E-state index in [4.69, 9.17) is 0 Å². The summed E-state index contributed by atoms with van der Waals surface area (Å²) in [5.41, 5.74) is 0.520. The van der Waals surface area contributed by atoms with Gasteiger partial charge in [-0.15, -0.1) is 0 Å². The number of aliphatic hydroxyl groups is 1. The van der Waals surface area contributed by atoms with E-state index in [0.29, 0.717) is 23.8 Å². The van der Waals surface area contributed by atoms with Gasteiger partial charge in [0, 0.05) is 19.0 Å². The van der Waals surface area contributed by atoms with Crippen molar-refractivity contribution in [2.75, 3.05) is 13.1 Å². The zero-order chi connectivity index (χ0) is 22.2. The lowest BCUT2D eigenvalue weighted by molar-refractivity contribution is -0.141. The zero-order valence-corrected chi connectivity index (χ0v) is 20.9. The minimum absolute atomic E-state index is 0.0172. The molecule has 0 aromatic heterocycles. The predicted molar refractivity (Wildman–Crippen MR) is 128 cm³/mol. The van der Waals surface area contributed by atoms with Crippen molar-refractivity contribution in [3.05, 3.63) is 0 Å². The number of carbonyl (C=O) groups is 1. The maximum absolute atomic E-state index is 13.6. The van der Waals surface area contributed by atoms with Crippen LogP contribution in [0.25, 0.3) is 0 Å². The summed E-state index contributed by atoms with van der Waals surface area (Å²) in [5.74, 6) is 3.99. The number of likely N-dealkylation sites (tertiary alicyclic amines) is 1. The third kappa shape index (κ3) is 5.17. The van der Waals surface area contributed by atoms with E-state index in [1.807, 2.05) is 4.90 Å². The first kappa shape index (κ1) is 23.6. The number of rotatable bonds is 4. The zero-order valence-electron chi connectivity index (χ0n) is 20.9. The average molecular weight is 432 g/mol. The van der Waals surface area contributed by atoms with Crippen LogP contribution in [0, 0.1) is 40.4 Å². The van der Waals surface area contributed by atoms with E-state index in [9.17, 15) is 9.90 Å². The summed E-state index contributed by atoms with van der Waals surface area (Å²) in [6.45, 7) is 10.7. The maximum Gasteiger partial charge on any atom is 0.226 e. The van der Waals surface area contributed by atoms with E-state index in [-0.39, 0.29) is 17.4 Å². The fraction of sp³-hybridized carbons (Fsp3) is 0.964. The Kier molecular flexibility index (Phi) is 7.12. The summed E-state index contributed by atoms with van der Waals surface area (Å²) in [7, 11) is 0. The quantitative estimate of drug-likeness (QED) is 0.557. The Hall–Kier alpha value is -0.570. The van der Waals surface area contributed by atoms with Gasteiger partial charge in [0.1, 0.15) is 0 Å². The molecule has 178 valence electrons. The predicted octanol–water partition coefficient (Wildman–Crippen LogP) is 6.44. The summed E-state index contributed by atoms with van der Waals surface area (Å²) in [6.07, 6.45) is 17.0. The second-order valence-corrected chi connectivity index (χ2v) is 13.2. The molecule has 3 saturated carbocycles. The molecular formula is C28H49NO2. The normalized spacial score (nSPS) is 39.1. The number of hydrogen-bond donors (Lipinski definition) is 1. The molecule has 4 fully saturated rings. The summed E-state index contributed by atoms with van der Waals surface area (Å²) in [4.78, 5) is 15.5. The van der Waals surface area contributed by atoms with E-state index in [1.54, 1.807) is 0 Å². The second-order valence-electron chi connectivity index (χ2n) is 13.2. The molecule has 4 rings (SSSR count). The van der Waals surface area contributed by atoms with Gasteiger partial charge in [0.25, 0.3) is 0 Å². The molecule has 0 aromatic rings. The van der Waals surface area contributed by atoms with Gasteiger partial charge in [-0.05, 0) is 79.4 Å². The fourth-order valence-corrected chi connectivity index (χ4v) is 7.66. The van der Waals surface area contributed by atoms with Crippen molar-refractivity contribution in [3.8, 4) is 0 Å². The van der Waals surface area contributed by atoms with Crippen LogP contribution in [0.1, 0.15) is 111 Å². The van der Waals surface area contributed by atoms with Gasteiger partial charge in [-0.25, -0.2) is 0 Å². The Labute approximate surface area is 191 Å². The first-order chi connectivity index (χ1) is 14.7. The van der Waals surface area contributed by atoms with Gasteiger partial charge < -0.3 is 10.0 Å². The van der Waals surface area contributed by atoms with Crippen molar-refractivity contribution in [1.29, 1.82) is 0 Å². The van der Waals surface area contributed by atoms with Crippen molar-refractivity contribution >= 4 is 5.91 Å². The largest absolute Gasteiger partial charge is 0.391 e. The van der Waals surface area contributed by atoms with Crippen molar-refractivity contribution in [2.24, 2.45) is 40.4 Å². The molecule has 4 aliphatic rings. The number of hydrogen-bond acceptors (Lipinski definition) is 2. The summed E-state index contributed by atoms with van der Waals surface area (Å²) >= 11 is 0. The second kappa shape index (κ2) is 9.35. The first-order valence-electron chi connectivity index (χ1n) is 13.6. The van der Waals surface area contributed by atoms with E-state index in [2.05, 4.69) is 27.7 Å². The average Bonchev–Trinajstić information content (AvgIpc) is 3.06. The highest BCUT2D eigenvalue weighted by atomic mass is 16.3. The lowest BCUT2D eigenvalue weighted by Gasteiger charge is -2.52. The third-order valence-corrected chi connectivity index (χ3v) is 10.0. The summed E-state index contributed by atoms with van der Waals surface area (Å²) < 4.78 is 0. The molecule has 1 saturated heterocycles. The Morgan fingerprint density at radius 1 is 0.935 bits per heavy atom. The van der Waals surface area contributed by atoms with Gasteiger partial charge in [-0.3, -0.25) is 4.79 Å². The summed E-state index contributed by atoms with van der Waals surface area (Å²) in [5, 5.41) is 9.98. The molecule has 0 radical (unpaired) electrons. The Balaban J connectivity index is 1.38. The van der Waals surface area contributed by atoms with E-state index < -0.39 is 0 Å². The molecule has 31 heavy (non-hydrogen) atoms. The van der Waals surface area contributed by atoms with Crippen LogP contribution in [0.2, 0.25) is 0 Å². The van der Waals surface area contributed by atoms with Crippen LogP contribution in [0.15, 0.2) is 0 Å². The fourth-order valence-electron chi connectivity index (χ4n) is 7.66. The van der Waals surface area contributed by atoms with Crippen LogP contribution in [0.5, 0.6) is 0 Å². The molecule has 1 amide bonds. The number of β-amino-alcohol motifs (C(OH)–C–C–N with tert-alkyl or cyclic N) is 1. The molecule has 0 bridgehead atoms. The van der Waals surface area contributed by atoms with Crippen LogP contribution in [-0.2, 0) is 4.79 Å². The topological polar surface area (TPSA) is 40.5 Å². The molecule has 0 aromatic carbocycles. The van der Waals surface area contributed by atoms with Crippen molar-refractivity contribution < 1.29 is 9.90 Å². The van der Waals surface area contributed by atoms with Crippen LogP contribution in [0.4, 0.5) is 0 Å². The van der Waals surface area contributed by atoms with E-state index >= 15 is 0 Å². The van der Waals surface area contributed by atoms with Crippen LogP contribution in [-0.4, -0.2) is 35.1 Å². The Morgan fingerprint density at radius 3 is 2.19 bits per heavy atom. The molecule has 1 heterocycles. The van der Waals surface area contributed by atoms with Gasteiger partial charge in [0.2, 0.25) is 5.91 Å². The minimum Gasteiger partial charge on any atom is -0.391 e. The van der Waals surface area contributed by atoms with Gasteiger partial charge >= 0.3 is 0 Å². The van der Waals surface area contributed by atoms with Gasteiger partial charge in [-0.1, -0.05) is 66.2 Å². The highest BCUT2D eigenvalue weighted by Gasteiger charge is 2.46. The number of amides is 1. The SMILES string of the molecule is CC(C)(C)C(C(=O)N1CC[C@@H](O)C1)C1CCCCC(C)(C2CC(C3CCC3)C2)CCC1. The number of nitrogens with zero attached hydrogens (tertiary/aromatic N) is 1. The number of carbonyl (C=O) groups excluding carboxylic acids is 1. The van der Waals surface area contributed by atoms with Crippen LogP contribution >= 0.6 is 0 Å². The van der Waals surface area contributed by atoms with E-state index in [0.717, 1.165) is 30.7 Å².